The molecule has 0 fully saturated rings. The molecule has 15 heavy (non-hydrogen) atoms. The molecule has 0 aliphatic carbocycles. The molecular weight excluding hydrogens is 208 g/mol. The maximum atomic E-state index is 6.00. The Kier molecular flexibility index (Phi) is 2.94. The highest BCUT2D eigenvalue weighted by molar-refractivity contribution is 7.07. The van der Waals surface area contributed by atoms with E-state index in [1.165, 1.54) is 0 Å². The molecule has 2 aromatic rings. The molecule has 1 unspecified atom stereocenters. The normalized spacial score (nSPS) is 12.6. The molecule has 4 nitrogen and oxygen atoms in total. The summed E-state index contributed by atoms with van der Waals surface area (Å²) in [6.45, 7) is 0. The summed E-state index contributed by atoms with van der Waals surface area (Å²) in [6, 6.07) is 3.69. The van der Waals surface area contributed by atoms with Crippen LogP contribution in [0.15, 0.2) is 29.2 Å². The fourth-order valence-electron chi connectivity index (χ4n) is 1.37. The van der Waals surface area contributed by atoms with Crippen LogP contribution < -0.4 is 11.5 Å². The molecule has 0 aromatic carbocycles. The number of pyridine rings is 1. The van der Waals surface area contributed by atoms with Crippen LogP contribution in [0.2, 0.25) is 0 Å². The van der Waals surface area contributed by atoms with E-state index in [1.54, 1.807) is 23.0 Å². The lowest BCUT2D eigenvalue weighted by molar-refractivity contribution is 0.701. The van der Waals surface area contributed by atoms with Gasteiger partial charge in [-0.25, -0.2) is 9.97 Å². The Morgan fingerprint density at radius 2 is 2.27 bits per heavy atom. The monoisotopic (exact) mass is 220 g/mol. The van der Waals surface area contributed by atoms with Gasteiger partial charge in [0.2, 0.25) is 0 Å². The molecule has 2 heterocycles. The third-order valence-corrected chi connectivity index (χ3v) is 2.80. The maximum Gasteiger partial charge on any atom is 0.126 e. The minimum atomic E-state index is -0.109. The summed E-state index contributed by atoms with van der Waals surface area (Å²) in [6.07, 6.45) is 2.34. The first-order valence-corrected chi connectivity index (χ1v) is 5.54. The number of rotatable bonds is 3. The summed E-state index contributed by atoms with van der Waals surface area (Å²) in [5, 5.41) is 1.96. The van der Waals surface area contributed by atoms with E-state index in [9.17, 15) is 0 Å². The smallest absolute Gasteiger partial charge is 0.126 e. The van der Waals surface area contributed by atoms with Crippen molar-refractivity contribution in [3.05, 3.63) is 40.5 Å². The number of thiazole rings is 1. The first kappa shape index (κ1) is 10.1. The van der Waals surface area contributed by atoms with E-state index >= 15 is 0 Å². The molecule has 2 aromatic heterocycles. The topological polar surface area (TPSA) is 77.8 Å². The van der Waals surface area contributed by atoms with Gasteiger partial charge in [0.25, 0.3) is 0 Å². The van der Waals surface area contributed by atoms with E-state index in [4.69, 9.17) is 11.5 Å². The van der Waals surface area contributed by atoms with E-state index in [0.717, 1.165) is 11.3 Å². The second kappa shape index (κ2) is 4.37. The molecule has 4 N–H and O–H groups in total. The van der Waals surface area contributed by atoms with Gasteiger partial charge in [0, 0.05) is 11.6 Å². The Balaban J connectivity index is 2.13. The number of hydrogen-bond donors (Lipinski definition) is 2. The van der Waals surface area contributed by atoms with Crippen molar-refractivity contribution in [3.63, 3.8) is 0 Å². The molecule has 0 spiro atoms. The zero-order valence-electron chi connectivity index (χ0n) is 8.13. The minimum absolute atomic E-state index is 0.109. The lowest BCUT2D eigenvalue weighted by atomic mass is 10.1. The Morgan fingerprint density at radius 3 is 2.93 bits per heavy atom. The van der Waals surface area contributed by atoms with Crippen LogP contribution in [0.5, 0.6) is 0 Å². The van der Waals surface area contributed by atoms with E-state index < -0.39 is 0 Å². The molecule has 0 aliphatic heterocycles. The van der Waals surface area contributed by atoms with Gasteiger partial charge < -0.3 is 11.5 Å². The summed E-state index contributed by atoms with van der Waals surface area (Å²) in [4.78, 5) is 8.19. The quantitative estimate of drug-likeness (QED) is 0.818. The predicted molar refractivity (Wildman–Crippen MR) is 61.4 cm³/mol. The van der Waals surface area contributed by atoms with Crippen LogP contribution in [-0.4, -0.2) is 9.97 Å². The van der Waals surface area contributed by atoms with Gasteiger partial charge in [-0.15, -0.1) is 11.3 Å². The van der Waals surface area contributed by atoms with Crippen molar-refractivity contribution in [2.75, 3.05) is 5.73 Å². The fourth-order valence-corrected chi connectivity index (χ4v) is 1.99. The third-order valence-electron chi connectivity index (χ3n) is 2.20. The average Bonchev–Trinajstić information content (AvgIpc) is 2.74. The summed E-state index contributed by atoms with van der Waals surface area (Å²) >= 11 is 1.54. The SMILES string of the molecule is Nc1ncccc1CC(N)c1cscn1. The molecule has 0 saturated heterocycles. The van der Waals surface area contributed by atoms with E-state index in [0.29, 0.717) is 12.2 Å². The molecule has 0 aliphatic rings. The van der Waals surface area contributed by atoms with E-state index in [2.05, 4.69) is 9.97 Å². The van der Waals surface area contributed by atoms with Gasteiger partial charge in [-0.05, 0) is 18.1 Å². The number of anilines is 1. The van der Waals surface area contributed by atoms with Crippen LogP contribution >= 0.6 is 11.3 Å². The maximum absolute atomic E-state index is 6.00. The zero-order chi connectivity index (χ0) is 10.7. The van der Waals surface area contributed by atoms with E-state index in [1.807, 2.05) is 17.5 Å². The van der Waals surface area contributed by atoms with E-state index in [-0.39, 0.29) is 6.04 Å². The number of hydrogen-bond acceptors (Lipinski definition) is 5. The molecular formula is C10H12N4S. The first-order chi connectivity index (χ1) is 7.27. The lowest BCUT2D eigenvalue weighted by Gasteiger charge is -2.09. The van der Waals surface area contributed by atoms with Crippen molar-refractivity contribution in [2.45, 2.75) is 12.5 Å². The van der Waals surface area contributed by atoms with Crippen LogP contribution in [0.4, 0.5) is 5.82 Å². The first-order valence-electron chi connectivity index (χ1n) is 4.60. The molecule has 0 amide bonds. The van der Waals surface area contributed by atoms with Crippen LogP contribution in [0.1, 0.15) is 17.3 Å². The predicted octanol–water partition coefficient (Wildman–Crippen LogP) is 1.36. The second-order valence-electron chi connectivity index (χ2n) is 3.27. The van der Waals surface area contributed by atoms with Crippen LogP contribution in [0.3, 0.4) is 0 Å². The lowest BCUT2D eigenvalue weighted by Crippen LogP contribution is -2.14. The van der Waals surface area contributed by atoms with Crippen molar-refractivity contribution >= 4 is 17.2 Å². The van der Waals surface area contributed by atoms with Gasteiger partial charge in [-0.1, -0.05) is 6.07 Å². The summed E-state index contributed by atoms with van der Waals surface area (Å²) in [5.41, 5.74) is 15.4. The standard InChI is InChI=1S/C10H12N4S/c11-8(9-5-15-6-14-9)4-7-2-1-3-13-10(7)12/h1-3,5-6,8H,4,11H2,(H2,12,13). The van der Waals surface area contributed by atoms with Gasteiger partial charge in [-0.2, -0.15) is 0 Å². The number of nitrogens with zero attached hydrogens (tertiary/aromatic N) is 2. The fraction of sp³-hybridized carbons (Fsp3) is 0.200. The molecule has 2 rings (SSSR count). The molecule has 0 saturated carbocycles. The number of aromatic nitrogens is 2. The van der Waals surface area contributed by atoms with Crippen molar-refractivity contribution in [1.29, 1.82) is 0 Å². The summed E-state index contributed by atoms with van der Waals surface area (Å²) in [7, 11) is 0. The highest BCUT2D eigenvalue weighted by Crippen LogP contribution is 2.18. The Hall–Kier alpha value is -1.46. The Bertz CT molecular complexity index is 427. The summed E-state index contributed by atoms with van der Waals surface area (Å²) < 4.78 is 0. The van der Waals surface area contributed by atoms with Gasteiger partial charge in [0.1, 0.15) is 5.82 Å². The van der Waals surface area contributed by atoms with Crippen molar-refractivity contribution in [3.8, 4) is 0 Å². The zero-order valence-corrected chi connectivity index (χ0v) is 8.95. The van der Waals surface area contributed by atoms with Gasteiger partial charge in [0.15, 0.2) is 0 Å². The van der Waals surface area contributed by atoms with Crippen molar-refractivity contribution < 1.29 is 0 Å². The van der Waals surface area contributed by atoms with Crippen LogP contribution in [0, 0.1) is 0 Å². The number of nitrogens with two attached hydrogens (primary N) is 2. The average molecular weight is 220 g/mol. The van der Waals surface area contributed by atoms with Gasteiger partial charge in [0.05, 0.1) is 17.2 Å². The molecule has 0 bridgehead atoms. The Labute approximate surface area is 92.0 Å². The highest BCUT2D eigenvalue weighted by atomic mass is 32.1. The molecule has 0 radical (unpaired) electrons. The minimum Gasteiger partial charge on any atom is -0.383 e. The number of nitrogen functional groups attached to an aromatic ring is 1. The van der Waals surface area contributed by atoms with Gasteiger partial charge >= 0.3 is 0 Å². The van der Waals surface area contributed by atoms with Crippen molar-refractivity contribution in [1.82, 2.24) is 9.97 Å². The third kappa shape index (κ3) is 2.31. The van der Waals surface area contributed by atoms with Crippen LogP contribution in [-0.2, 0) is 6.42 Å². The van der Waals surface area contributed by atoms with Crippen LogP contribution in [0.25, 0.3) is 0 Å². The molecule has 78 valence electrons. The highest BCUT2D eigenvalue weighted by Gasteiger charge is 2.10. The van der Waals surface area contributed by atoms with Gasteiger partial charge in [-0.3, -0.25) is 0 Å². The summed E-state index contributed by atoms with van der Waals surface area (Å²) in [5.74, 6) is 0.545. The Morgan fingerprint density at radius 1 is 1.40 bits per heavy atom. The van der Waals surface area contributed by atoms with Crippen molar-refractivity contribution in [2.24, 2.45) is 5.73 Å². The second-order valence-corrected chi connectivity index (χ2v) is 3.99. The molecule has 5 heteroatoms. The largest absolute Gasteiger partial charge is 0.383 e. The molecule has 1 atom stereocenters.